The Hall–Kier alpha value is -2.06. The molecule has 0 aliphatic carbocycles. The number of aromatic hydroxyl groups is 1. The molecule has 98 valence electrons. The maximum atomic E-state index is 12.3. The van der Waals surface area contributed by atoms with Crippen LogP contribution in [0.4, 0.5) is 0 Å². The highest BCUT2D eigenvalue weighted by Gasteiger charge is 2.23. The zero-order chi connectivity index (χ0) is 13.6. The van der Waals surface area contributed by atoms with E-state index in [1.807, 2.05) is 0 Å². The molecule has 2 aromatic heterocycles. The molecule has 0 fully saturated rings. The Morgan fingerprint density at radius 2 is 2.05 bits per heavy atom. The molecule has 0 spiro atoms. The van der Waals surface area contributed by atoms with Gasteiger partial charge >= 0.3 is 10.0 Å². The van der Waals surface area contributed by atoms with E-state index in [4.69, 9.17) is 16.6 Å². The topological polar surface area (TPSA) is 88.2 Å². The summed E-state index contributed by atoms with van der Waals surface area (Å²) >= 11 is 4.83. The third-order valence-electron chi connectivity index (χ3n) is 2.59. The number of para-hydroxylation sites is 1. The predicted molar refractivity (Wildman–Crippen MR) is 70.1 cm³/mol. The van der Waals surface area contributed by atoms with Gasteiger partial charge in [0.2, 0.25) is 11.0 Å². The van der Waals surface area contributed by atoms with Crippen molar-refractivity contribution in [3.8, 4) is 5.88 Å². The van der Waals surface area contributed by atoms with Crippen molar-refractivity contribution in [2.45, 2.75) is 5.09 Å². The number of hydrogen-bond donors (Lipinski definition) is 2. The second kappa shape index (κ2) is 3.97. The van der Waals surface area contributed by atoms with E-state index >= 15 is 0 Å². The molecule has 2 heterocycles. The minimum atomic E-state index is -3.96. The average molecular weight is 296 g/mol. The SMILES string of the molecule is O=S(=O)(c1cc2ccccc2o1)n1cc(O)[nH]c1=S. The first-order valence-electron chi connectivity index (χ1n) is 5.23. The van der Waals surface area contributed by atoms with Crippen LogP contribution in [0, 0.1) is 4.77 Å². The minimum Gasteiger partial charge on any atom is -0.493 e. The summed E-state index contributed by atoms with van der Waals surface area (Å²) in [4.78, 5) is 2.33. The summed E-state index contributed by atoms with van der Waals surface area (Å²) in [5.74, 6) is -0.329. The molecule has 2 N–H and O–H groups in total. The number of hydrogen-bond acceptors (Lipinski definition) is 5. The standard InChI is InChI=1S/C11H8N2O4S2/c14-9-6-13(11(18)12-9)19(15,16)10-5-7-3-1-2-4-8(7)17-10/h1-6,14H,(H,12,18). The molecular weight excluding hydrogens is 288 g/mol. The molecule has 3 aromatic rings. The lowest BCUT2D eigenvalue weighted by atomic mass is 10.3. The van der Waals surface area contributed by atoms with Gasteiger partial charge in [0, 0.05) is 11.5 Å². The summed E-state index contributed by atoms with van der Waals surface area (Å²) in [5.41, 5.74) is 0.465. The second-order valence-electron chi connectivity index (χ2n) is 3.85. The molecule has 19 heavy (non-hydrogen) atoms. The van der Waals surface area contributed by atoms with Gasteiger partial charge in [-0.3, -0.25) is 0 Å². The number of rotatable bonds is 2. The van der Waals surface area contributed by atoms with E-state index in [0.29, 0.717) is 11.0 Å². The van der Waals surface area contributed by atoms with Crippen molar-refractivity contribution < 1.29 is 17.9 Å². The van der Waals surface area contributed by atoms with Crippen molar-refractivity contribution in [3.63, 3.8) is 0 Å². The first-order valence-corrected chi connectivity index (χ1v) is 7.08. The normalized spacial score (nSPS) is 12.0. The predicted octanol–water partition coefficient (Wildman–Crippen LogP) is 2.23. The van der Waals surface area contributed by atoms with Crippen molar-refractivity contribution in [2.75, 3.05) is 0 Å². The van der Waals surface area contributed by atoms with Crippen LogP contribution in [-0.4, -0.2) is 22.5 Å². The summed E-state index contributed by atoms with van der Waals surface area (Å²) in [6.07, 6.45) is 0.991. The van der Waals surface area contributed by atoms with Crippen LogP contribution in [0.1, 0.15) is 0 Å². The molecule has 0 radical (unpaired) electrons. The highest BCUT2D eigenvalue weighted by Crippen LogP contribution is 2.25. The lowest BCUT2D eigenvalue weighted by Gasteiger charge is -1.99. The van der Waals surface area contributed by atoms with Crippen molar-refractivity contribution in [1.82, 2.24) is 8.96 Å². The quantitative estimate of drug-likeness (QED) is 0.708. The Bertz CT molecular complexity index is 884. The smallest absolute Gasteiger partial charge is 0.303 e. The lowest BCUT2D eigenvalue weighted by molar-refractivity contribution is 0.455. The Morgan fingerprint density at radius 3 is 2.68 bits per heavy atom. The number of aromatic amines is 1. The van der Waals surface area contributed by atoms with Crippen LogP contribution in [0.2, 0.25) is 0 Å². The number of furan rings is 1. The van der Waals surface area contributed by atoms with Crippen LogP contribution in [0.3, 0.4) is 0 Å². The van der Waals surface area contributed by atoms with Crippen LogP contribution < -0.4 is 0 Å². The second-order valence-corrected chi connectivity index (χ2v) is 5.98. The Labute approximate surface area is 113 Å². The van der Waals surface area contributed by atoms with Crippen molar-refractivity contribution in [2.24, 2.45) is 0 Å². The number of aromatic nitrogens is 2. The molecule has 0 unspecified atom stereocenters. The number of imidazole rings is 1. The van der Waals surface area contributed by atoms with Gasteiger partial charge < -0.3 is 14.5 Å². The van der Waals surface area contributed by atoms with Gasteiger partial charge in [-0.15, -0.1) is 0 Å². The molecule has 3 rings (SSSR count). The van der Waals surface area contributed by atoms with E-state index in [0.717, 1.165) is 10.2 Å². The van der Waals surface area contributed by atoms with Gasteiger partial charge in [-0.25, -0.2) is 3.97 Å². The molecule has 0 bridgehead atoms. The summed E-state index contributed by atoms with van der Waals surface area (Å²) in [5, 5.41) is 9.69. The zero-order valence-electron chi connectivity index (χ0n) is 9.40. The van der Waals surface area contributed by atoms with Gasteiger partial charge in [-0.1, -0.05) is 18.2 Å². The first kappa shape index (κ1) is 12.0. The first-order chi connectivity index (χ1) is 8.98. The molecule has 0 saturated heterocycles. The van der Waals surface area contributed by atoms with E-state index in [1.54, 1.807) is 24.3 Å². The van der Waals surface area contributed by atoms with Crippen LogP contribution in [-0.2, 0) is 10.0 Å². The molecule has 0 aliphatic rings. The van der Waals surface area contributed by atoms with Gasteiger partial charge in [-0.2, -0.15) is 8.42 Å². The largest absolute Gasteiger partial charge is 0.493 e. The Kier molecular flexibility index (Phi) is 2.51. The third kappa shape index (κ3) is 1.85. The maximum Gasteiger partial charge on any atom is 0.303 e. The molecule has 6 nitrogen and oxygen atoms in total. The number of nitrogens with one attached hydrogen (secondary N) is 1. The Morgan fingerprint density at radius 1 is 1.32 bits per heavy atom. The maximum absolute atomic E-state index is 12.3. The van der Waals surface area contributed by atoms with Crippen LogP contribution in [0.15, 0.2) is 46.0 Å². The van der Waals surface area contributed by atoms with Gasteiger partial charge in [0.1, 0.15) is 5.58 Å². The number of fused-ring (bicyclic) bond motifs is 1. The fourth-order valence-corrected chi connectivity index (χ4v) is 3.35. The van der Waals surface area contributed by atoms with Gasteiger partial charge in [0.05, 0.1) is 6.20 Å². The minimum absolute atomic E-state index is 0.127. The zero-order valence-corrected chi connectivity index (χ0v) is 11.0. The number of benzene rings is 1. The summed E-state index contributed by atoms with van der Waals surface area (Å²) in [7, 11) is -3.96. The summed E-state index contributed by atoms with van der Waals surface area (Å²) in [6.45, 7) is 0. The number of H-pyrrole nitrogens is 1. The van der Waals surface area contributed by atoms with Crippen LogP contribution >= 0.6 is 12.2 Å². The summed E-state index contributed by atoms with van der Waals surface area (Å²) in [6, 6.07) is 8.35. The highest BCUT2D eigenvalue weighted by molar-refractivity contribution is 7.90. The molecule has 0 aliphatic heterocycles. The van der Waals surface area contributed by atoms with E-state index in [2.05, 4.69) is 4.98 Å². The van der Waals surface area contributed by atoms with Crippen molar-refractivity contribution in [3.05, 3.63) is 41.3 Å². The third-order valence-corrected chi connectivity index (χ3v) is 4.52. The van der Waals surface area contributed by atoms with Crippen LogP contribution in [0.25, 0.3) is 11.0 Å². The summed E-state index contributed by atoms with van der Waals surface area (Å²) < 4.78 is 30.6. The monoisotopic (exact) mass is 296 g/mol. The average Bonchev–Trinajstić information content (AvgIpc) is 2.92. The van der Waals surface area contributed by atoms with Gasteiger partial charge in [0.15, 0.2) is 4.77 Å². The highest BCUT2D eigenvalue weighted by atomic mass is 32.2. The Balaban J connectivity index is 2.25. The fourth-order valence-electron chi connectivity index (χ4n) is 1.73. The lowest BCUT2D eigenvalue weighted by Crippen LogP contribution is -2.11. The fraction of sp³-hybridized carbons (Fsp3) is 0. The molecule has 0 amide bonds. The number of nitrogens with zero attached hydrogens (tertiary/aromatic N) is 1. The van der Waals surface area contributed by atoms with E-state index in [1.165, 1.54) is 6.07 Å². The molecule has 1 aromatic carbocycles. The molecule has 8 heteroatoms. The van der Waals surface area contributed by atoms with Gasteiger partial charge in [0.25, 0.3) is 0 Å². The van der Waals surface area contributed by atoms with E-state index < -0.39 is 10.0 Å². The van der Waals surface area contributed by atoms with Crippen molar-refractivity contribution in [1.29, 1.82) is 0 Å². The molecular formula is C11H8N2O4S2. The van der Waals surface area contributed by atoms with E-state index in [9.17, 15) is 13.5 Å². The van der Waals surface area contributed by atoms with Crippen LogP contribution in [0.5, 0.6) is 5.88 Å². The van der Waals surface area contributed by atoms with E-state index in [-0.39, 0.29) is 15.7 Å². The molecule has 0 atom stereocenters. The van der Waals surface area contributed by atoms with Gasteiger partial charge in [-0.05, 0) is 18.3 Å². The molecule has 0 saturated carbocycles. The van der Waals surface area contributed by atoms with Crippen molar-refractivity contribution >= 4 is 33.2 Å².